The molecule has 0 radical (unpaired) electrons. The molecule has 0 heterocycles. The molecule has 1 aromatic carbocycles. The lowest BCUT2D eigenvalue weighted by atomic mass is 9.95. The van der Waals surface area contributed by atoms with E-state index in [9.17, 15) is 10.1 Å². The molecule has 6 heteroatoms. The van der Waals surface area contributed by atoms with E-state index < -0.39 is 4.92 Å². The van der Waals surface area contributed by atoms with Crippen LogP contribution in [0.25, 0.3) is 0 Å². The zero-order valence-corrected chi connectivity index (χ0v) is 10.5. The molecule has 2 N–H and O–H groups in total. The fraction of sp³-hybridized carbons (Fsp3) is 0.455. The summed E-state index contributed by atoms with van der Waals surface area (Å²) in [6.07, 6.45) is 0. The van der Waals surface area contributed by atoms with Gasteiger partial charge in [0.15, 0.2) is 0 Å². The van der Waals surface area contributed by atoms with Gasteiger partial charge in [-0.1, -0.05) is 25.4 Å². The lowest BCUT2D eigenvalue weighted by molar-refractivity contribution is -0.384. The average Bonchev–Trinajstić information content (AvgIpc) is 2.26. The standard InChI is InChI=1S/C11H15ClN2O3/c1-11(2,7-15)6-13-9-5-8(12)3-4-10(9)14(16)17/h3-5,13,15H,6-7H2,1-2H3. The first-order valence-corrected chi connectivity index (χ1v) is 5.52. The Balaban J connectivity index is 2.89. The largest absolute Gasteiger partial charge is 0.396 e. The highest BCUT2D eigenvalue weighted by Crippen LogP contribution is 2.28. The van der Waals surface area contributed by atoms with Crippen molar-refractivity contribution in [2.24, 2.45) is 5.41 Å². The van der Waals surface area contributed by atoms with Gasteiger partial charge in [-0.05, 0) is 12.1 Å². The summed E-state index contributed by atoms with van der Waals surface area (Å²) in [5.41, 5.74) is -0.0110. The van der Waals surface area contributed by atoms with Crippen LogP contribution in [0.1, 0.15) is 13.8 Å². The van der Waals surface area contributed by atoms with Gasteiger partial charge in [0, 0.05) is 29.7 Å². The number of halogens is 1. The first-order valence-electron chi connectivity index (χ1n) is 5.14. The van der Waals surface area contributed by atoms with E-state index in [0.717, 1.165) is 0 Å². The Morgan fingerprint density at radius 1 is 1.53 bits per heavy atom. The molecule has 0 saturated heterocycles. The van der Waals surface area contributed by atoms with Crippen molar-refractivity contribution >= 4 is 23.0 Å². The van der Waals surface area contributed by atoms with Gasteiger partial charge >= 0.3 is 0 Å². The molecule has 0 amide bonds. The maximum atomic E-state index is 10.8. The fourth-order valence-corrected chi connectivity index (χ4v) is 1.37. The molecule has 94 valence electrons. The molecule has 5 nitrogen and oxygen atoms in total. The maximum absolute atomic E-state index is 10.8. The normalized spacial score (nSPS) is 11.3. The predicted molar refractivity (Wildman–Crippen MR) is 67.5 cm³/mol. The van der Waals surface area contributed by atoms with Crippen molar-refractivity contribution in [3.8, 4) is 0 Å². The second-order valence-electron chi connectivity index (χ2n) is 4.59. The van der Waals surface area contributed by atoms with E-state index in [2.05, 4.69) is 5.32 Å². The van der Waals surface area contributed by atoms with Crippen molar-refractivity contribution in [1.29, 1.82) is 0 Å². The second-order valence-corrected chi connectivity index (χ2v) is 5.03. The molecule has 0 saturated carbocycles. The third-order valence-electron chi connectivity index (χ3n) is 2.34. The number of nitro groups is 1. The number of rotatable bonds is 5. The number of benzene rings is 1. The lowest BCUT2D eigenvalue weighted by Crippen LogP contribution is -2.27. The third kappa shape index (κ3) is 3.87. The highest BCUT2D eigenvalue weighted by atomic mass is 35.5. The first-order chi connectivity index (χ1) is 7.85. The molecule has 0 aliphatic rings. The van der Waals surface area contributed by atoms with Crippen LogP contribution in [0, 0.1) is 15.5 Å². The highest BCUT2D eigenvalue weighted by molar-refractivity contribution is 6.31. The van der Waals surface area contributed by atoms with Crippen LogP contribution in [0.4, 0.5) is 11.4 Å². The molecule has 1 aromatic rings. The van der Waals surface area contributed by atoms with Crippen molar-refractivity contribution in [3.05, 3.63) is 33.3 Å². The van der Waals surface area contributed by atoms with Crippen LogP contribution in [0.3, 0.4) is 0 Å². The van der Waals surface area contributed by atoms with E-state index in [1.165, 1.54) is 18.2 Å². The van der Waals surface area contributed by atoms with Gasteiger partial charge in [-0.25, -0.2) is 0 Å². The Morgan fingerprint density at radius 2 is 2.18 bits per heavy atom. The number of nitrogens with zero attached hydrogens (tertiary/aromatic N) is 1. The molecular formula is C11H15ClN2O3. The smallest absolute Gasteiger partial charge is 0.292 e. The van der Waals surface area contributed by atoms with Crippen LogP contribution in [-0.4, -0.2) is 23.2 Å². The second kappa shape index (κ2) is 5.33. The molecule has 0 bridgehead atoms. The molecule has 0 spiro atoms. The molecule has 0 fully saturated rings. The monoisotopic (exact) mass is 258 g/mol. The van der Waals surface area contributed by atoms with Gasteiger partial charge < -0.3 is 10.4 Å². The van der Waals surface area contributed by atoms with Gasteiger partial charge in [0.25, 0.3) is 5.69 Å². The summed E-state index contributed by atoms with van der Waals surface area (Å²) in [5, 5.41) is 23.3. The summed E-state index contributed by atoms with van der Waals surface area (Å²) < 4.78 is 0. The summed E-state index contributed by atoms with van der Waals surface area (Å²) in [4.78, 5) is 10.3. The van der Waals surface area contributed by atoms with Gasteiger partial charge in [-0.2, -0.15) is 0 Å². The minimum atomic E-state index is -0.468. The Labute approximate surface area is 105 Å². The van der Waals surface area contributed by atoms with E-state index in [1.807, 2.05) is 13.8 Å². The van der Waals surface area contributed by atoms with Gasteiger partial charge in [0.1, 0.15) is 5.69 Å². The Kier molecular flexibility index (Phi) is 4.31. The number of aliphatic hydroxyl groups is 1. The summed E-state index contributed by atoms with van der Waals surface area (Å²) in [6.45, 7) is 4.13. The summed E-state index contributed by atoms with van der Waals surface area (Å²) in [6, 6.07) is 4.34. The molecule has 0 unspecified atom stereocenters. The number of nitrogens with one attached hydrogen (secondary N) is 1. The van der Waals surface area contributed by atoms with Crippen LogP contribution in [-0.2, 0) is 0 Å². The van der Waals surface area contributed by atoms with Crippen molar-refractivity contribution in [3.63, 3.8) is 0 Å². The van der Waals surface area contributed by atoms with Crippen molar-refractivity contribution in [2.45, 2.75) is 13.8 Å². The lowest BCUT2D eigenvalue weighted by Gasteiger charge is -2.22. The quantitative estimate of drug-likeness (QED) is 0.629. The molecule has 0 aliphatic heterocycles. The van der Waals surface area contributed by atoms with Gasteiger partial charge in [-0.15, -0.1) is 0 Å². The zero-order chi connectivity index (χ0) is 13.1. The molecular weight excluding hydrogens is 244 g/mol. The maximum Gasteiger partial charge on any atom is 0.292 e. The first kappa shape index (κ1) is 13.7. The van der Waals surface area contributed by atoms with E-state index in [0.29, 0.717) is 17.3 Å². The van der Waals surface area contributed by atoms with Gasteiger partial charge in [-0.3, -0.25) is 10.1 Å². The molecule has 1 rings (SSSR count). The highest BCUT2D eigenvalue weighted by Gasteiger charge is 2.19. The van der Waals surface area contributed by atoms with Crippen LogP contribution in [0.15, 0.2) is 18.2 Å². The van der Waals surface area contributed by atoms with E-state index in [4.69, 9.17) is 16.7 Å². The topological polar surface area (TPSA) is 75.4 Å². The summed E-state index contributed by atoms with van der Waals surface area (Å²) in [7, 11) is 0. The van der Waals surface area contributed by atoms with E-state index in [1.54, 1.807) is 0 Å². The Morgan fingerprint density at radius 3 is 2.71 bits per heavy atom. The number of hydrogen-bond donors (Lipinski definition) is 2. The summed E-state index contributed by atoms with van der Waals surface area (Å²) >= 11 is 5.79. The SMILES string of the molecule is CC(C)(CO)CNc1cc(Cl)ccc1[N+](=O)[O-]. The minimum absolute atomic E-state index is 0.00559. The number of aliphatic hydroxyl groups excluding tert-OH is 1. The van der Waals surface area contributed by atoms with Crippen LogP contribution >= 0.6 is 11.6 Å². The number of hydrogen-bond acceptors (Lipinski definition) is 4. The summed E-state index contributed by atoms with van der Waals surface area (Å²) in [5.74, 6) is 0. The van der Waals surface area contributed by atoms with Crippen molar-refractivity contribution in [2.75, 3.05) is 18.5 Å². The molecule has 0 aliphatic carbocycles. The van der Waals surface area contributed by atoms with Crippen LogP contribution in [0.5, 0.6) is 0 Å². The number of anilines is 1. The zero-order valence-electron chi connectivity index (χ0n) is 9.74. The predicted octanol–water partition coefficient (Wildman–Crippen LogP) is 2.68. The van der Waals surface area contributed by atoms with Crippen molar-refractivity contribution < 1.29 is 10.0 Å². The minimum Gasteiger partial charge on any atom is -0.396 e. The molecule has 0 aromatic heterocycles. The number of nitro benzene ring substituents is 1. The Hall–Kier alpha value is -1.33. The van der Waals surface area contributed by atoms with Gasteiger partial charge in [0.05, 0.1) is 4.92 Å². The van der Waals surface area contributed by atoms with E-state index in [-0.39, 0.29) is 17.7 Å². The molecule has 0 atom stereocenters. The van der Waals surface area contributed by atoms with Crippen LogP contribution < -0.4 is 5.32 Å². The van der Waals surface area contributed by atoms with Crippen molar-refractivity contribution in [1.82, 2.24) is 0 Å². The molecule has 17 heavy (non-hydrogen) atoms. The van der Waals surface area contributed by atoms with Crippen LogP contribution in [0.2, 0.25) is 5.02 Å². The van der Waals surface area contributed by atoms with E-state index >= 15 is 0 Å². The Bertz CT molecular complexity index is 421. The van der Waals surface area contributed by atoms with Gasteiger partial charge in [0.2, 0.25) is 0 Å². The average molecular weight is 259 g/mol. The third-order valence-corrected chi connectivity index (χ3v) is 2.58. The fourth-order valence-electron chi connectivity index (χ4n) is 1.20.